The Kier molecular flexibility index (Phi) is 7.38. The van der Waals surface area contributed by atoms with Crippen LogP contribution in [0.1, 0.15) is 90.4 Å². The number of aliphatic carboxylic acids is 1. The van der Waals surface area contributed by atoms with E-state index in [0.717, 1.165) is 19.3 Å². The summed E-state index contributed by atoms with van der Waals surface area (Å²) in [4.78, 5) is 11.0. The second-order valence-corrected chi connectivity index (χ2v) is 6.15. The molecule has 106 valence electrons. The van der Waals surface area contributed by atoms with Crippen LogP contribution in [-0.4, -0.2) is 11.1 Å². The van der Waals surface area contributed by atoms with E-state index >= 15 is 0 Å². The van der Waals surface area contributed by atoms with Gasteiger partial charge in [0.15, 0.2) is 0 Å². The van der Waals surface area contributed by atoms with Gasteiger partial charge in [-0.25, -0.2) is 0 Å². The Hall–Kier alpha value is -0.530. The van der Waals surface area contributed by atoms with Gasteiger partial charge in [-0.15, -0.1) is 0 Å². The smallest absolute Gasteiger partial charge is 0.303 e. The number of rotatable bonds is 10. The van der Waals surface area contributed by atoms with Crippen molar-refractivity contribution >= 4 is 5.97 Å². The van der Waals surface area contributed by atoms with E-state index in [0.29, 0.717) is 6.42 Å². The molecular weight excluding hydrogens is 224 g/mol. The predicted octanol–water partition coefficient (Wildman–Crippen LogP) is 5.16. The average Bonchev–Trinajstić information content (AvgIpc) is 2.76. The van der Waals surface area contributed by atoms with Crippen LogP contribution >= 0.6 is 0 Å². The first-order valence-electron chi connectivity index (χ1n) is 7.90. The van der Waals surface area contributed by atoms with E-state index in [9.17, 15) is 4.79 Å². The van der Waals surface area contributed by atoms with Crippen LogP contribution in [0.25, 0.3) is 0 Å². The van der Waals surface area contributed by atoms with E-state index in [-0.39, 0.29) is 5.41 Å². The maximum Gasteiger partial charge on any atom is 0.303 e. The van der Waals surface area contributed by atoms with Crippen LogP contribution in [0.4, 0.5) is 0 Å². The standard InChI is InChI=1S/C16H30O2/c1-2-3-4-5-6-7-8-11-16(14-15(17)18)12-9-10-13-16/h2-14H2,1H3,(H,17,18). The summed E-state index contributed by atoms with van der Waals surface area (Å²) in [6.45, 7) is 2.25. The molecule has 0 atom stereocenters. The van der Waals surface area contributed by atoms with Crippen molar-refractivity contribution in [2.45, 2.75) is 90.4 Å². The van der Waals surface area contributed by atoms with Gasteiger partial charge in [-0.1, -0.05) is 64.7 Å². The van der Waals surface area contributed by atoms with Crippen LogP contribution in [0, 0.1) is 5.41 Å². The van der Waals surface area contributed by atoms with Crippen LogP contribution < -0.4 is 0 Å². The molecule has 0 radical (unpaired) electrons. The summed E-state index contributed by atoms with van der Waals surface area (Å²) in [5.74, 6) is -0.597. The van der Waals surface area contributed by atoms with Crippen molar-refractivity contribution in [2.24, 2.45) is 5.41 Å². The maximum atomic E-state index is 11.0. The zero-order valence-electron chi connectivity index (χ0n) is 12.0. The Bertz CT molecular complexity index is 229. The topological polar surface area (TPSA) is 37.3 Å². The molecule has 2 heteroatoms. The molecule has 2 nitrogen and oxygen atoms in total. The summed E-state index contributed by atoms with van der Waals surface area (Å²) >= 11 is 0. The minimum absolute atomic E-state index is 0.162. The molecule has 0 heterocycles. The Morgan fingerprint density at radius 1 is 1.00 bits per heavy atom. The largest absolute Gasteiger partial charge is 0.481 e. The second kappa shape index (κ2) is 8.55. The fraction of sp³-hybridized carbons (Fsp3) is 0.938. The Labute approximate surface area is 112 Å². The molecule has 0 aromatic rings. The molecule has 0 unspecified atom stereocenters. The van der Waals surface area contributed by atoms with Gasteiger partial charge in [0, 0.05) is 0 Å². The lowest BCUT2D eigenvalue weighted by Crippen LogP contribution is -2.20. The normalized spacial score (nSPS) is 18.1. The van der Waals surface area contributed by atoms with E-state index in [1.807, 2.05) is 0 Å². The Balaban J connectivity index is 2.12. The van der Waals surface area contributed by atoms with Gasteiger partial charge in [0.05, 0.1) is 6.42 Å². The monoisotopic (exact) mass is 254 g/mol. The highest BCUT2D eigenvalue weighted by Gasteiger charge is 2.35. The molecule has 1 fully saturated rings. The van der Waals surface area contributed by atoms with Crippen LogP contribution in [0.2, 0.25) is 0 Å². The first kappa shape index (κ1) is 15.5. The van der Waals surface area contributed by atoms with Gasteiger partial charge in [0.25, 0.3) is 0 Å². The van der Waals surface area contributed by atoms with Gasteiger partial charge in [-0.3, -0.25) is 4.79 Å². The number of hydrogen-bond acceptors (Lipinski definition) is 1. The van der Waals surface area contributed by atoms with Crippen molar-refractivity contribution in [1.29, 1.82) is 0 Å². The quantitative estimate of drug-likeness (QED) is 0.547. The van der Waals surface area contributed by atoms with E-state index in [1.165, 1.54) is 57.8 Å². The van der Waals surface area contributed by atoms with Crippen molar-refractivity contribution in [3.05, 3.63) is 0 Å². The first-order valence-corrected chi connectivity index (χ1v) is 7.90. The van der Waals surface area contributed by atoms with Gasteiger partial charge in [-0.05, 0) is 24.7 Å². The molecule has 0 aliphatic heterocycles. The van der Waals surface area contributed by atoms with Gasteiger partial charge < -0.3 is 5.11 Å². The SMILES string of the molecule is CCCCCCCCCC1(CC(=O)O)CCCC1. The molecule has 1 N–H and O–H groups in total. The molecule has 0 aromatic carbocycles. The van der Waals surface area contributed by atoms with Crippen molar-refractivity contribution in [3.8, 4) is 0 Å². The predicted molar refractivity (Wildman–Crippen MR) is 75.8 cm³/mol. The second-order valence-electron chi connectivity index (χ2n) is 6.15. The lowest BCUT2D eigenvalue weighted by molar-refractivity contribution is -0.139. The summed E-state index contributed by atoms with van der Waals surface area (Å²) < 4.78 is 0. The summed E-state index contributed by atoms with van der Waals surface area (Å²) in [7, 11) is 0. The summed E-state index contributed by atoms with van der Waals surface area (Å²) in [6.07, 6.45) is 15.6. The fourth-order valence-electron chi connectivity index (χ4n) is 3.42. The number of carbonyl (C=O) groups is 1. The molecule has 1 aliphatic rings. The van der Waals surface area contributed by atoms with Gasteiger partial charge in [-0.2, -0.15) is 0 Å². The minimum atomic E-state index is -0.597. The zero-order valence-corrected chi connectivity index (χ0v) is 12.0. The molecule has 0 spiro atoms. The fourth-order valence-corrected chi connectivity index (χ4v) is 3.42. The number of hydrogen-bond donors (Lipinski definition) is 1. The Morgan fingerprint density at radius 3 is 2.11 bits per heavy atom. The van der Waals surface area contributed by atoms with Crippen LogP contribution in [0.5, 0.6) is 0 Å². The Morgan fingerprint density at radius 2 is 1.56 bits per heavy atom. The van der Waals surface area contributed by atoms with E-state index in [1.54, 1.807) is 0 Å². The van der Waals surface area contributed by atoms with E-state index in [4.69, 9.17) is 5.11 Å². The third kappa shape index (κ3) is 5.88. The summed E-state index contributed by atoms with van der Waals surface area (Å²) in [5.41, 5.74) is 0.162. The summed E-state index contributed by atoms with van der Waals surface area (Å²) in [6, 6.07) is 0. The molecule has 0 saturated heterocycles. The molecule has 1 aliphatic carbocycles. The zero-order chi connectivity index (χ0) is 13.3. The molecule has 0 aromatic heterocycles. The third-order valence-electron chi connectivity index (χ3n) is 4.50. The van der Waals surface area contributed by atoms with Crippen LogP contribution in [-0.2, 0) is 4.79 Å². The van der Waals surface area contributed by atoms with Crippen LogP contribution in [0.3, 0.4) is 0 Å². The molecule has 1 rings (SSSR count). The molecule has 1 saturated carbocycles. The van der Waals surface area contributed by atoms with E-state index in [2.05, 4.69) is 6.92 Å². The number of carboxylic acid groups (broad SMARTS) is 1. The van der Waals surface area contributed by atoms with Gasteiger partial charge >= 0.3 is 5.97 Å². The van der Waals surface area contributed by atoms with Crippen molar-refractivity contribution in [1.82, 2.24) is 0 Å². The lowest BCUT2D eigenvalue weighted by atomic mass is 9.78. The summed E-state index contributed by atoms with van der Waals surface area (Å²) in [5, 5.41) is 9.04. The highest BCUT2D eigenvalue weighted by atomic mass is 16.4. The first-order chi connectivity index (χ1) is 8.68. The van der Waals surface area contributed by atoms with Crippen molar-refractivity contribution in [2.75, 3.05) is 0 Å². The molecule has 0 amide bonds. The van der Waals surface area contributed by atoms with E-state index < -0.39 is 5.97 Å². The lowest BCUT2D eigenvalue weighted by Gasteiger charge is -2.27. The van der Waals surface area contributed by atoms with Crippen molar-refractivity contribution in [3.63, 3.8) is 0 Å². The van der Waals surface area contributed by atoms with Gasteiger partial charge in [0.1, 0.15) is 0 Å². The highest BCUT2D eigenvalue weighted by molar-refractivity contribution is 5.67. The maximum absolute atomic E-state index is 11.0. The average molecular weight is 254 g/mol. The number of unbranched alkanes of at least 4 members (excludes halogenated alkanes) is 6. The van der Waals surface area contributed by atoms with Gasteiger partial charge in [0.2, 0.25) is 0 Å². The minimum Gasteiger partial charge on any atom is -0.481 e. The molecule has 18 heavy (non-hydrogen) atoms. The number of carboxylic acids is 1. The third-order valence-corrected chi connectivity index (χ3v) is 4.50. The molecule has 0 bridgehead atoms. The highest BCUT2D eigenvalue weighted by Crippen LogP contribution is 2.45. The molecular formula is C16H30O2. The van der Waals surface area contributed by atoms with Crippen LogP contribution in [0.15, 0.2) is 0 Å². The van der Waals surface area contributed by atoms with Crippen molar-refractivity contribution < 1.29 is 9.90 Å².